The molecule has 0 spiro atoms. The zero-order valence-electron chi connectivity index (χ0n) is 20.8. The van der Waals surface area contributed by atoms with Gasteiger partial charge in [0.1, 0.15) is 17.1 Å². The van der Waals surface area contributed by atoms with Gasteiger partial charge in [0.25, 0.3) is 0 Å². The molecule has 0 fully saturated rings. The average Bonchev–Trinajstić information content (AvgIpc) is 3.27. The molecule has 0 aliphatic carbocycles. The van der Waals surface area contributed by atoms with Crippen LogP contribution in [0.25, 0.3) is 6.08 Å². The van der Waals surface area contributed by atoms with Gasteiger partial charge in [-0.2, -0.15) is 13.2 Å². The number of rotatable bonds is 12. The molecule has 2 heterocycles. The lowest BCUT2D eigenvalue weighted by atomic mass is 10.00. The van der Waals surface area contributed by atoms with Crippen molar-refractivity contribution >= 4 is 29.3 Å². The minimum Gasteiger partial charge on any atom is -0.507 e. The Morgan fingerprint density at radius 3 is 2.65 bits per heavy atom. The Morgan fingerprint density at radius 2 is 2.00 bits per heavy atom. The number of ether oxygens (including phenoxy) is 1. The van der Waals surface area contributed by atoms with E-state index in [9.17, 15) is 32.7 Å². The van der Waals surface area contributed by atoms with Crippen LogP contribution in [0.3, 0.4) is 0 Å². The number of halogens is 3. The molecule has 1 amide bonds. The number of alkyl carbamates (subject to hydrolysis) is 1. The van der Waals surface area contributed by atoms with Gasteiger partial charge in [0.05, 0.1) is 7.11 Å². The lowest BCUT2D eigenvalue weighted by molar-refractivity contribution is -0.135. The van der Waals surface area contributed by atoms with Crippen molar-refractivity contribution in [1.29, 1.82) is 0 Å². The number of carbonyl (C=O) groups excluding carboxylic acids is 2. The van der Waals surface area contributed by atoms with E-state index in [1.54, 1.807) is 31.2 Å². The molecule has 0 aliphatic rings. The van der Waals surface area contributed by atoms with E-state index < -0.39 is 41.4 Å². The van der Waals surface area contributed by atoms with Crippen molar-refractivity contribution in [3.8, 4) is 5.75 Å². The van der Waals surface area contributed by atoms with Gasteiger partial charge >= 0.3 is 17.9 Å². The number of hydrogen-bond donors (Lipinski definition) is 2. The third kappa shape index (κ3) is 9.91. The van der Waals surface area contributed by atoms with E-state index in [4.69, 9.17) is 4.42 Å². The SMILES string of the molecule is COC(=O)N/C=C/CCC(C)c1cc(O)c(C(=O)C(C)=Cc2ccc(CCCCC(F)(F)F)s2)c(=O)o1. The Kier molecular flexibility index (Phi) is 11.2. The van der Waals surface area contributed by atoms with Crippen LogP contribution in [0, 0.1) is 0 Å². The maximum absolute atomic E-state index is 12.9. The molecule has 2 aromatic rings. The van der Waals surface area contributed by atoms with Crippen LogP contribution in [0.5, 0.6) is 5.75 Å². The lowest BCUT2D eigenvalue weighted by Gasteiger charge is -2.11. The number of allylic oxidation sites excluding steroid dienone is 2. The quantitative estimate of drug-likeness (QED) is 0.176. The number of aryl methyl sites for hydroxylation is 1. The second-order valence-corrected chi connectivity index (χ2v) is 9.70. The van der Waals surface area contributed by atoms with E-state index in [1.165, 1.54) is 37.6 Å². The monoisotopic (exact) mass is 541 g/mol. The van der Waals surface area contributed by atoms with Gasteiger partial charge in [-0.25, -0.2) is 9.59 Å². The number of hydrogen-bond acceptors (Lipinski definition) is 7. The average molecular weight is 542 g/mol. The predicted octanol–water partition coefficient (Wildman–Crippen LogP) is 6.72. The van der Waals surface area contributed by atoms with E-state index in [0.717, 1.165) is 4.88 Å². The summed E-state index contributed by atoms with van der Waals surface area (Å²) in [6.45, 7) is 3.30. The molecule has 2 aromatic heterocycles. The van der Waals surface area contributed by atoms with Crippen molar-refractivity contribution in [2.24, 2.45) is 0 Å². The molecule has 0 saturated heterocycles. The highest BCUT2D eigenvalue weighted by atomic mass is 32.1. The number of ketones is 1. The topological polar surface area (TPSA) is 106 Å². The number of nitrogens with one attached hydrogen (secondary N) is 1. The van der Waals surface area contributed by atoms with Crippen LogP contribution in [-0.4, -0.2) is 30.3 Å². The Labute approximate surface area is 216 Å². The number of alkyl halides is 3. The number of methoxy groups -OCH3 is 1. The molecule has 0 aliphatic heterocycles. The first-order valence-electron chi connectivity index (χ1n) is 11.7. The Bertz CT molecular complexity index is 1200. The highest BCUT2D eigenvalue weighted by Gasteiger charge is 2.26. The van der Waals surface area contributed by atoms with Crippen LogP contribution in [0.15, 0.2) is 45.3 Å². The molecule has 202 valence electrons. The van der Waals surface area contributed by atoms with Crippen LogP contribution < -0.4 is 10.9 Å². The van der Waals surface area contributed by atoms with Crippen LogP contribution in [0.2, 0.25) is 0 Å². The Balaban J connectivity index is 2.02. The standard InChI is InChI=1S/C26H30F3NO6S/c1-16(8-5-7-13-30-25(34)35-3)21-15-20(31)22(24(33)36-21)23(32)17(2)14-19-11-10-18(37-19)9-4-6-12-26(27,28)29/h7,10-11,13-16,31H,4-6,8-9,12H2,1-3H3,(H,30,34)/b13-7+,17-14?. The van der Waals surface area contributed by atoms with Gasteiger partial charge in [0, 0.05) is 34.4 Å². The van der Waals surface area contributed by atoms with E-state index in [-0.39, 0.29) is 23.7 Å². The third-order valence-electron chi connectivity index (χ3n) is 5.47. The van der Waals surface area contributed by atoms with E-state index in [1.807, 2.05) is 0 Å². The number of aromatic hydroxyl groups is 1. The summed E-state index contributed by atoms with van der Waals surface area (Å²) in [5.41, 5.74) is -1.20. The number of carbonyl (C=O) groups is 2. The summed E-state index contributed by atoms with van der Waals surface area (Å²) in [6.07, 6.45) is 1.20. The fourth-order valence-corrected chi connectivity index (χ4v) is 4.47. The summed E-state index contributed by atoms with van der Waals surface area (Å²) < 4.78 is 46.6. The molecule has 1 unspecified atom stereocenters. The molecular formula is C26H30F3NO6S. The summed E-state index contributed by atoms with van der Waals surface area (Å²) in [6, 6.07) is 4.81. The zero-order chi connectivity index (χ0) is 27.6. The molecule has 0 radical (unpaired) electrons. The van der Waals surface area contributed by atoms with Gasteiger partial charge in [0.15, 0.2) is 5.78 Å². The first-order chi connectivity index (χ1) is 17.4. The van der Waals surface area contributed by atoms with Crippen molar-refractivity contribution in [2.45, 2.75) is 64.5 Å². The molecule has 1 atom stereocenters. The molecule has 37 heavy (non-hydrogen) atoms. The first-order valence-corrected chi connectivity index (χ1v) is 12.5. The van der Waals surface area contributed by atoms with E-state index in [0.29, 0.717) is 30.6 Å². The van der Waals surface area contributed by atoms with Crippen LogP contribution >= 0.6 is 11.3 Å². The second kappa shape index (κ2) is 13.8. The van der Waals surface area contributed by atoms with Crippen LogP contribution in [0.1, 0.15) is 77.7 Å². The largest absolute Gasteiger partial charge is 0.507 e. The minimum absolute atomic E-state index is 0.0526. The Hall–Kier alpha value is -3.34. The summed E-state index contributed by atoms with van der Waals surface area (Å²) in [4.78, 5) is 38.0. The van der Waals surface area contributed by atoms with Gasteiger partial charge in [0.2, 0.25) is 0 Å². The zero-order valence-corrected chi connectivity index (χ0v) is 21.6. The summed E-state index contributed by atoms with van der Waals surface area (Å²) in [7, 11) is 1.25. The number of amides is 1. The molecule has 0 aromatic carbocycles. The summed E-state index contributed by atoms with van der Waals surface area (Å²) in [5, 5.41) is 12.8. The molecule has 11 heteroatoms. The molecule has 7 nitrogen and oxygen atoms in total. The Morgan fingerprint density at radius 1 is 1.27 bits per heavy atom. The fraction of sp³-hybridized carbons (Fsp3) is 0.423. The van der Waals surface area contributed by atoms with Crippen molar-refractivity contribution in [2.75, 3.05) is 7.11 Å². The van der Waals surface area contributed by atoms with Crippen LogP contribution in [0.4, 0.5) is 18.0 Å². The van der Waals surface area contributed by atoms with E-state index >= 15 is 0 Å². The normalized spacial score (nSPS) is 13.1. The van der Waals surface area contributed by atoms with Crippen LogP contribution in [-0.2, 0) is 11.2 Å². The van der Waals surface area contributed by atoms with Gasteiger partial charge in [-0.15, -0.1) is 11.3 Å². The van der Waals surface area contributed by atoms with Gasteiger partial charge in [-0.3, -0.25) is 10.1 Å². The van der Waals surface area contributed by atoms with Crippen molar-refractivity contribution in [3.05, 3.63) is 67.5 Å². The van der Waals surface area contributed by atoms with Crippen molar-refractivity contribution < 1.29 is 37.0 Å². The lowest BCUT2D eigenvalue weighted by Crippen LogP contribution is -2.16. The predicted molar refractivity (Wildman–Crippen MR) is 135 cm³/mol. The second-order valence-electron chi connectivity index (χ2n) is 8.50. The third-order valence-corrected chi connectivity index (χ3v) is 6.56. The van der Waals surface area contributed by atoms with Gasteiger partial charge in [-0.1, -0.05) is 13.0 Å². The molecule has 2 rings (SSSR count). The van der Waals surface area contributed by atoms with Crippen molar-refractivity contribution in [3.63, 3.8) is 0 Å². The smallest absolute Gasteiger partial charge is 0.410 e. The molecule has 0 saturated carbocycles. The maximum atomic E-state index is 12.9. The minimum atomic E-state index is -4.16. The summed E-state index contributed by atoms with van der Waals surface area (Å²) in [5.74, 6) is -1.18. The van der Waals surface area contributed by atoms with E-state index in [2.05, 4.69) is 10.1 Å². The number of unbranched alkanes of at least 4 members (excludes halogenated alkanes) is 1. The number of Topliss-reactive ketones (excluding diaryl/α,β-unsaturated/α-hetero) is 1. The highest BCUT2D eigenvalue weighted by Crippen LogP contribution is 2.28. The first kappa shape index (κ1) is 29.9. The molecule has 0 bridgehead atoms. The van der Waals surface area contributed by atoms with Gasteiger partial charge in [-0.05, 0) is 62.8 Å². The summed E-state index contributed by atoms with van der Waals surface area (Å²) >= 11 is 1.35. The maximum Gasteiger partial charge on any atom is 0.410 e. The van der Waals surface area contributed by atoms with Crippen molar-refractivity contribution in [1.82, 2.24) is 5.32 Å². The highest BCUT2D eigenvalue weighted by molar-refractivity contribution is 7.12. The number of thiophene rings is 1. The van der Waals surface area contributed by atoms with Gasteiger partial charge < -0.3 is 14.3 Å². The fourth-order valence-electron chi connectivity index (χ4n) is 3.42. The molecular weight excluding hydrogens is 511 g/mol. The molecule has 2 N–H and O–H groups in total.